The number of hydrogen-bond donors (Lipinski definition) is 1. The van der Waals surface area contributed by atoms with Crippen molar-refractivity contribution >= 4 is 55.1 Å². The van der Waals surface area contributed by atoms with E-state index in [1.54, 1.807) is 0 Å². The first-order chi connectivity index (χ1) is 25.3. The Hall–Kier alpha value is -6.84. The number of hydrogen-bond acceptors (Lipinski definition) is 2. The highest BCUT2D eigenvalue weighted by atomic mass is 16.3. The van der Waals surface area contributed by atoms with Crippen molar-refractivity contribution in [3.8, 4) is 39.1 Å². The normalized spacial score (nSPS) is 11.5. The zero-order valence-corrected chi connectivity index (χ0v) is 27.8. The van der Waals surface area contributed by atoms with E-state index in [0.717, 1.165) is 61.3 Å². The van der Waals surface area contributed by atoms with Crippen molar-refractivity contribution in [1.82, 2.24) is 4.57 Å². The number of fused-ring (bicyclic) bond motifs is 6. The van der Waals surface area contributed by atoms with Crippen molar-refractivity contribution in [3.05, 3.63) is 188 Å². The maximum absolute atomic E-state index is 6.09. The highest BCUT2D eigenvalue weighted by Crippen LogP contribution is 2.39. The SMILES string of the molecule is c1ccc(-c2cc(-c3ccc4c5ccccc5n(-c5ccccc5)c4c3)ccc2Nc2cccc(-c3ccc4oc5ccccc5c4c3)c2)cc1. The summed E-state index contributed by atoms with van der Waals surface area (Å²) in [5, 5.41) is 8.55. The Bertz CT molecular complexity index is 2880. The molecule has 0 aliphatic carbocycles. The molecule has 0 unspecified atom stereocenters. The molecule has 0 radical (unpaired) electrons. The minimum atomic E-state index is 0.905. The Kier molecular flexibility index (Phi) is 6.81. The van der Waals surface area contributed by atoms with E-state index in [4.69, 9.17) is 4.42 Å². The molecular weight excluding hydrogens is 621 g/mol. The summed E-state index contributed by atoms with van der Waals surface area (Å²) in [5.41, 5.74) is 14.4. The van der Waals surface area contributed by atoms with Gasteiger partial charge in [0.2, 0.25) is 0 Å². The lowest BCUT2D eigenvalue weighted by atomic mass is 9.96. The number of rotatable bonds is 6. The van der Waals surface area contributed by atoms with E-state index in [1.165, 1.54) is 32.9 Å². The number of nitrogens with zero attached hydrogens (tertiary/aromatic N) is 1. The predicted octanol–water partition coefficient (Wildman–Crippen LogP) is 13.4. The van der Waals surface area contributed by atoms with Crippen molar-refractivity contribution in [2.45, 2.75) is 0 Å². The maximum atomic E-state index is 6.09. The third kappa shape index (κ3) is 5.06. The number of anilines is 2. The second-order valence-corrected chi connectivity index (χ2v) is 13.1. The van der Waals surface area contributed by atoms with E-state index < -0.39 is 0 Å². The van der Waals surface area contributed by atoms with Crippen LogP contribution in [0.3, 0.4) is 0 Å². The van der Waals surface area contributed by atoms with Gasteiger partial charge in [-0.15, -0.1) is 0 Å². The van der Waals surface area contributed by atoms with Crippen LogP contribution in [0.25, 0.3) is 82.8 Å². The molecule has 0 aliphatic heterocycles. The van der Waals surface area contributed by atoms with Crippen molar-refractivity contribution in [2.75, 3.05) is 5.32 Å². The van der Waals surface area contributed by atoms with Crippen LogP contribution in [0, 0.1) is 0 Å². The molecule has 0 bridgehead atoms. The molecule has 0 saturated heterocycles. The minimum Gasteiger partial charge on any atom is -0.456 e. The van der Waals surface area contributed by atoms with Gasteiger partial charge in [-0.3, -0.25) is 0 Å². The molecule has 10 rings (SSSR count). The smallest absolute Gasteiger partial charge is 0.135 e. The molecule has 0 amide bonds. The molecule has 0 fully saturated rings. The zero-order chi connectivity index (χ0) is 33.7. The molecule has 8 aromatic carbocycles. The van der Waals surface area contributed by atoms with Crippen LogP contribution in [0.2, 0.25) is 0 Å². The lowest BCUT2D eigenvalue weighted by Gasteiger charge is -2.16. The molecule has 10 aromatic rings. The Morgan fingerprint density at radius 1 is 0.373 bits per heavy atom. The van der Waals surface area contributed by atoms with E-state index in [-0.39, 0.29) is 0 Å². The molecule has 2 heterocycles. The molecule has 240 valence electrons. The summed E-state index contributed by atoms with van der Waals surface area (Å²) in [7, 11) is 0. The first-order valence-electron chi connectivity index (χ1n) is 17.3. The molecule has 0 spiro atoms. The van der Waals surface area contributed by atoms with Crippen LogP contribution in [0.4, 0.5) is 11.4 Å². The quantitative estimate of drug-likeness (QED) is 0.194. The van der Waals surface area contributed by atoms with Crippen molar-refractivity contribution < 1.29 is 4.42 Å². The van der Waals surface area contributed by atoms with Crippen molar-refractivity contribution in [1.29, 1.82) is 0 Å². The number of benzene rings is 8. The monoisotopic (exact) mass is 652 g/mol. The van der Waals surface area contributed by atoms with E-state index in [9.17, 15) is 0 Å². The Labute approximate surface area is 295 Å². The maximum Gasteiger partial charge on any atom is 0.135 e. The fourth-order valence-corrected chi connectivity index (χ4v) is 7.53. The molecule has 0 atom stereocenters. The summed E-state index contributed by atoms with van der Waals surface area (Å²) in [5.74, 6) is 0. The van der Waals surface area contributed by atoms with Crippen molar-refractivity contribution in [2.24, 2.45) is 0 Å². The summed E-state index contributed by atoms with van der Waals surface area (Å²) >= 11 is 0. The van der Waals surface area contributed by atoms with Gasteiger partial charge in [-0.1, -0.05) is 121 Å². The van der Waals surface area contributed by atoms with Crippen LogP contribution >= 0.6 is 0 Å². The van der Waals surface area contributed by atoms with Gasteiger partial charge in [0.05, 0.1) is 11.0 Å². The first kappa shape index (κ1) is 29.1. The molecule has 0 saturated carbocycles. The lowest BCUT2D eigenvalue weighted by molar-refractivity contribution is 0.669. The van der Waals surface area contributed by atoms with Gasteiger partial charge in [-0.25, -0.2) is 0 Å². The fraction of sp³-hybridized carbons (Fsp3) is 0. The number of nitrogens with one attached hydrogen (secondary N) is 1. The van der Waals surface area contributed by atoms with E-state index in [1.807, 2.05) is 12.1 Å². The molecule has 3 heteroatoms. The fourth-order valence-electron chi connectivity index (χ4n) is 7.53. The standard InChI is InChI=1S/C48H32N2O/c1-3-12-32(13-4-1)42-29-34(36-22-25-40-39-18-7-9-20-45(39)50(46(40)31-36)38-16-5-2-6-17-38)23-26-44(42)49-37-15-11-14-33(28-37)35-24-27-48-43(30-35)41-19-8-10-21-47(41)51-48/h1-31,49H. The second-order valence-electron chi connectivity index (χ2n) is 13.1. The predicted molar refractivity (Wildman–Crippen MR) is 214 cm³/mol. The highest BCUT2D eigenvalue weighted by Gasteiger charge is 2.15. The summed E-state index contributed by atoms with van der Waals surface area (Å²) in [6.45, 7) is 0. The molecule has 51 heavy (non-hydrogen) atoms. The topological polar surface area (TPSA) is 30.1 Å². The minimum absolute atomic E-state index is 0.905. The second kappa shape index (κ2) is 11.9. The van der Waals surface area contributed by atoms with Crippen molar-refractivity contribution in [3.63, 3.8) is 0 Å². The lowest BCUT2D eigenvalue weighted by Crippen LogP contribution is -1.95. The van der Waals surface area contributed by atoms with Gasteiger partial charge < -0.3 is 14.3 Å². The Balaban J connectivity index is 1.05. The van der Waals surface area contributed by atoms with Gasteiger partial charge in [0, 0.05) is 44.2 Å². The number of para-hydroxylation sites is 3. The van der Waals surface area contributed by atoms with Crippen LogP contribution in [-0.2, 0) is 0 Å². The molecule has 2 aromatic heterocycles. The average molecular weight is 653 g/mol. The van der Waals surface area contributed by atoms with E-state index in [0.29, 0.717) is 0 Å². The molecule has 1 N–H and O–H groups in total. The third-order valence-corrected chi connectivity index (χ3v) is 9.98. The highest BCUT2D eigenvalue weighted by molar-refractivity contribution is 6.10. The van der Waals surface area contributed by atoms with Gasteiger partial charge in [-0.05, 0) is 94.5 Å². The van der Waals surface area contributed by atoms with Crippen LogP contribution in [0.5, 0.6) is 0 Å². The zero-order valence-electron chi connectivity index (χ0n) is 27.8. The van der Waals surface area contributed by atoms with Gasteiger partial charge >= 0.3 is 0 Å². The van der Waals surface area contributed by atoms with Gasteiger partial charge in [0.25, 0.3) is 0 Å². The third-order valence-electron chi connectivity index (χ3n) is 9.98. The number of aromatic nitrogens is 1. The van der Waals surface area contributed by atoms with E-state index in [2.05, 4.69) is 186 Å². The van der Waals surface area contributed by atoms with Gasteiger partial charge in [0.1, 0.15) is 11.2 Å². The van der Waals surface area contributed by atoms with Gasteiger partial charge in [-0.2, -0.15) is 0 Å². The average Bonchev–Trinajstić information content (AvgIpc) is 3.74. The Morgan fingerprint density at radius 3 is 1.88 bits per heavy atom. The van der Waals surface area contributed by atoms with Gasteiger partial charge in [0.15, 0.2) is 0 Å². The summed E-state index contributed by atoms with van der Waals surface area (Å²) in [4.78, 5) is 0. The van der Waals surface area contributed by atoms with Crippen LogP contribution in [-0.4, -0.2) is 4.57 Å². The molecular formula is C48H32N2O. The summed E-state index contributed by atoms with van der Waals surface area (Å²) in [6.07, 6.45) is 0. The largest absolute Gasteiger partial charge is 0.456 e. The molecule has 3 nitrogen and oxygen atoms in total. The number of furan rings is 1. The van der Waals surface area contributed by atoms with Crippen LogP contribution < -0.4 is 5.32 Å². The first-order valence-corrected chi connectivity index (χ1v) is 17.3. The Morgan fingerprint density at radius 2 is 1.00 bits per heavy atom. The van der Waals surface area contributed by atoms with Crippen LogP contribution in [0.15, 0.2) is 192 Å². The summed E-state index contributed by atoms with van der Waals surface area (Å²) < 4.78 is 8.47. The van der Waals surface area contributed by atoms with E-state index >= 15 is 0 Å². The van der Waals surface area contributed by atoms with Crippen LogP contribution in [0.1, 0.15) is 0 Å². The molecule has 0 aliphatic rings. The summed E-state index contributed by atoms with van der Waals surface area (Å²) in [6, 6.07) is 66.9.